The van der Waals surface area contributed by atoms with Crippen LogP contribution < -0.4 is 9.64 Å². The normalized spacial score (nSPS) is 17.7. The van der Waals surface area contributed by atoms with Crippen LogP contribution in [0.4, 0.5) is 5.69 Å². The number of anilines is 1. The topological polar surface area (TPSA) is 66.8 Å². The number of Topliss-reactive ketones (excluding diaryl/α,β-unsaturated/α-hetero) is 1. The molecule has 152 valence electrons. The maximum absolute atomic E-state index is 13.2. The predicted octanol–water partition coefficient (Wildman–Crippen LogP) is 3.88. The molecule has 0 spiro atoms. The Labute approximate surface area is 175 Å². The van der Waals surface area contributed by atoms with E-state index >= 15 is 0 Å². The summed E-state index contributed by atoms with van der Waals surface area (Å²) in [6, 6.07) is 23.5. The van der Waals surface area contributed by atoms with Crippen LogP contribution in [0.2, 0.25) is 0 Å². The van der Waals surface area contributed by atoms with E-state index in [1.807, 2.05) is 55.5 Å². The van der Waals surface area contributed by atoms with Crippen molar-refractivity contribution in [1.29, 1.82) is 0 Å². The monoisotopic (exact) mass is 401 g/mol. The molecule has 0 aromatic heterocycles. The zero-order valence-electron chi connectivity index (χ0n) is 16.7. The first kappa shape index (κ1) is 19.9. The summed E-state index contributed by atoms with van der Waals surface area (Å²) in [5, 5.41) is 11.3. The number of ketones is 1. The summed E-state index contributed by atoms with van der Waals surface area (Å²) in [6.07, 6.45) is -0.304. The van der Waals surface area contributed by atoms with Crippen LogP contribution in [0.1, 0.15) is 27.9 Å². The number of rotatable bonds is 7. The molecule has 0 fully saturated rings. The molecule has 1 heterocycles. The van der Waals surface area contributed by atoms with Gasteiger partial charge in [0.2, 0.25) is 0 Å². The van der Waals surface area contributed by atoms with E-state index in [0.29, 0.717) is 22.6 Å². The second-order valence-electron chi connectivity index (χ2n) is 7.46. The predicted molar refractivity (Wildman–Crippen MR) is 115 cm³/mol. The van der Waals surface area contributed by atoms with Gasteiger partial charge in [0, 0.05) is 11.1 Å². The number of carbonyl (C=O) groups is 2. The summed E-state index contributed by atoms with van der Waals surface area (Å²) in [5.41, 5.74) is 0.696. The maximum atomic E-state index is 13.2. The molecule has 0 radical (unpaired) electrons. The van der Waals surface area contributed by atoms with Crippen LogP contribution in [-0.4, -0.2) is 29.9 Å². The summed E-state index contributed by atoms with van der Waals surface area (Å²) in [5.74, 6) is -0.0638. The Morgan fingerprint density at radius 3 is 2.37 bits per heavy atom. The molecule has 1 aliphatic rings. The molecule has 0 bridgehead atoms. The van der Waals surface area contributed by atoms with E-state index in [1.54, 1.807) is 30.3 Å². The van der Waals surface area contributed by atoms with Gasteiger partial charge in [-0.25, -0.2) is 0 Å². The third kappa shape index (κ3) is 3.72. The summed E-state index contributed by atoms with van der Waals surface area (Å²) in [6.45, 7) is 2.48. The number of para-hydroxylation sites is 2. The Bertz CT molecular complexity index is 1060. The fourth-order valence-corrected chi connectivity index (χ4v) is 3.74. The highest BCUT2D eigenvalue weighted by Crippen LogP contribution is 2.42. The van der Waals surface area contributed by atoms with E-state index in [0.717, 1.165) is 5.56 Å². The Morgan fingerprint density at radius 2 is 1.63 bits per heavy atom. The number of carbonyl (C=O) groups excluding carboxylic acids is 2. The molecule has 0 aliphatic carbocycles. The number of hydrogen-bond donors (Lipinski definition) is 1. The molecule has 0 saturated heterocycles. The molecule has 3 aromatic carbocycles. The van der Waals surface area contributed by atoms with Crippen LogP contribution in [0, 0.1) is 6.92 Å². The summed E-state index contributed by atoms with van der Waals surface area (Å²) >= 11 is 0. The van der Waals surface area contributed by atoms with Gasteiger partial charge < -0.3 is 14.7 Å². The van der Waals surface area contributed by atoms with Gasteiger partial charge in [0.25, 0.3) is 5.91 Å². The van der Waals surface area contributed by atoms with E-state index in [9.17, 15) is 14.7 Å². The van der Waals surface area contributed by atoms with Gasteiger partial charge in [0.15, 0.2) is 11.4 Å². The zero-order valence-corrected chi connectivity index (χ0v) is 16.7. The third-order valence-electron chi connectivity index (χ3n) is 5.36. The van der Waals surface area contributed by atoms with Crippen molar-refractivity contribution in [1.82, 2.24) is 0 Å². The molecule has 1 aliphatic heterocycles. The quantitative estimate of drug-likeness (QED) is 0.610. The summed E-state index contributed by atoms with van der Waals surface area (Å²) < 4.78 is 5.72. The lowest BCUT2D eigenvalue weighted by Gasteiger charge is -2.23. The molecule has 1 amide bonds. The van der Waals surface area contributed by atoms with Crippen LogP contribution in [-0.2, 0) is 10.4 Å². The van der Waals surface area contributed by atoms with Crippen molar-refractivity contribution in [3.63, 3.8) is 0 Å². The maximum Gasteiger partial charge on any atom is 0.264 e. The van der Waals surface area contributed by atoms with Crippen LogP contribution in [0.5, 0.6) is 5.75 Å². The summed E-state index contributed by atoms with van der Waals surface area (Å²) in [7, 11) is 0. The smallest absolute Gasteiger partial charge is 0.264 e. The fourth-order valence-electron chi connectivity index (χ4n) is 3.74. The number of ether oxygens (including phenoxy) is 1. The average molecular weight is 401 g/mol. The Hall–Kier alpha value is -3.44. The van der Waals surface area contributed by atoms with Crippen LogP contribution >= 0.6 is 0 Å². The standard InChI is InChI=1S/C25H23NO4/c1-18-11-13-19(14-12-18)23(27)17-25(29)21-9-5-6-10-22(21)26(24(25)28)15-16-30-20-7-3-2-4-8-20/h2-14,29H,15-17H2,1H3. The molecule has 3 aromatic rings. The van der Waals surface area contributed by atoms with Gasteiger partial charge in [-0.2, -0.15) is 0 Å². The third-order valence-corrected chi connectivity index (χ3v) is 5.36. The number of benzene rings is 3. The number of nitrogens with zero attached hydrogens (tertiary/aromatic N) is 1. The van der Waals surface area contributed by atoms with E-state index in [4.69, 9.17) is 4.74 Å². The SMILES string of the molecule is Cc1ccc(C(=O)CC2(O)C(=O)N(CCOc3ccccc3)c3ccccc32)cc1. The zero-order chi connectivity index (χ0) is 21.1. The average Bonchev–Trinajstić information content (AvgIpc) is 2.97. The van der Waals surface area contributed by atoms with Crippen molar-refractivity contribution in [2.24, 2.45) is 0 Å². The van der Waals surface area contributed by atoms with Crippen LogP contribution in [0.3, 0.4) is 0 Å². The van der Waals surface area contributed by atoms with Crippen molar-refractivity contribution >= 4 is 17.4 Å². The lowest BCUT2D eigenvalue weighted by molar-refractivity contribution is -0.135. The minimum Gasteiger partial charge on any atom is -0.492 e. The molecule has 5 heteroatoms. The number of aliphatic hydroxyl groups is 1. The molecular weight excluding hydrogens is 378 g/mol. The second-order valence-corrected chi connectivity index (χ2v) is 7.46. The van der Waals surface area contributed by atoms with Gasteiger partial charge in [0.1, 0.15) is 12.4 Å². The fraction of sp³-hybridized carbons (Fsp3) is 0.200. The molecule has 30 heavy (non-hydrogen) atoms. The molecular formula is C25H23NO4. The molecule has 4 rings (SSSR count). The van der Waals surface area contributed by atoms with Crippen molar-refractivity contribution < 1.29 is 19.4 Å². The molecule has 1 atom stereocenters. The molecule has 1 unspecified atom stereocenters. The number of amides is 1. The van der Waals surface area contributed by atoms with E-state index in [-0.39, 0.29) is 25.4 Å². The summed E-state index contributed by atoms with van der Waals surface area (Å²) in [4.78, 5) is 27.5. The Morgan fingerprint density at radius 1 is 0.967 bits per heavy atom. The number of aryl methyl sites for hydroxylation is 1. The van der Waals surface area contributed by atoms with Gasteiger partial charge >= 0.3 is 0 Å². The second kappa shape index (κ2) is 8.13. The molecule has 0 saturated carbocycles. The van der Waals surface area contributed by atoms with Crippen molar-refractivity contribution in [3.8, 4) is 5.75 Å². The van der Waals surface area contributed by atoms with E-state index < -0.39 is 11.5 Å². The van der Waals surface area contributed by atoms with Gasteiger partial charge in [-0.15, -0.1) is 0 Å². The first-order valence-electron chi connectivity index (χ1n) is 9.90. The van der Waals surface area contributed by atoms with Crippen molar-refractivity contribution in [2.75, 3.05) is 18.1 Å². The molecule has 5 nitrogen and oxygen atoms in total. The van der Waals surface area contributed by atoms with E-state index in [2.05, 4.69) is 0 Å². The number of hydrogen-bond acceptors (Lipinski definition) is 4. The van der Waals surface area contributed by atoms with Crippen molar-refractivity contribution in [3.05, 3.63) is 95.6 Å². The highest BCUT2D eigenvalue weighted by Gasteiger charge is 2.50. The highest BCUT2D eigenvalue weighted by atomic mass is 16.5. The van der Waals surface area contributed by atoms with Gasteiger partial charge in [-0.1, -0.05) is 66.2 Å². The van der Waals surface area contributed by atoms with E-state index in [1.165, 1.54) is 4.90 Å². The Kier molecular flexibility index (Phi) is 5.38. The lowest BCUT2D eigenvalue weighted by atomic mass is 9.88. The first-order chi connectivity index (χ1) is 14.5. The number of fused-ring (bicyclic) bond motifs is 1. The highest BCUT2D eigenvalue weighted by molar-refractivity contribution is 6.10. The first-order valence-corrected chi connectivity index (χ1v) is 9.90. The van der Waals surface area contributed by atoms with Gasteiger partial charge in [-0.05, 0) is 25.1 Å². The van der Waals surface area contributed by atoms with Gasteiger partial charge in [0.05, 0.1) is 18.7 Å². The molecule has 1 N–H and O–H groups in total. The van der Waals surface area contributed by atoms with Crippen LogP contribution in [0.25, 0.3) is 0 Å². The van der Waals surface area contributed by atoms with Crippen molar-refractivity contribution in [2.45, 2.75) is 18.9 Å². The largest absolute Gasteiger partial charge is 0.492 e. The minimum absolute atomic E-state index is 0.270. The van der Waals surface area contributed by atoms with Crippen LogP contribution in [0.15, 0.2) is 78.9 Å². The lowest BCUT2D eigenvalue weighted by Crippen LogP contribution is -2.43. The Balaban J connectivity index is 1.54. The minimum atomic E-state index is -1.88. The van der Waals surface area contributed by atoms with Gasteiger partial charge in [-0.3, -0.25) is 9.59 Å².